The van der Waals surface area contributed by atoms with Crippen LogP contribution in [0.15, 0.2) is 36.5 Å². The van der Waals surface area contributed by atoms with E-state index in [0.29, 0.717) is 19.3 Å². The van der Waals surface area contributed by atoms with Crippen molar-refractivity contribution in [2.24, 2.45) is 0 Å². The standard InChI is InChI=1S/C70H130O6/c1-4-7-10-13-16-19-22-25-27-29-31-32-33-34-35-36-37-38-39-41-42-45-48-51-54-57-60-63-69(72)75-66-67(65-74-68(71)62-59-56-53-50-47-44-24-21-18-15-12-9-6-3)76-70(73)64-61-58-55-52-49-46-43-40-30-28-26-23-20-17-14-11-8-5-2/h22,25,29,31,33-34,67H,4-21,23-24,26-28,30,32,35-66H2,1-3H3/b25-22-,31-29-,34-33-. The molecule has 6 nitrogen and oxygen atoms in total. The molecular formula is C70H130O6. The van der Waals surface area contributed by atoms with Crippen LogP contribution in [0.25, 0.3) is 0 Å². The van der Waals surface area contributed by atoms with E-state index in [1.165, 1.54) is 263 Å². The van der Waals surface area contributed by atoms with Crippen LogP contribution >= 0.6 is 0 Å². The second kappa shape index (κ2) is 65.2. The number of unbranched alkanes of at least 4 members (excludes halogenated alkanes) is 46. The van der Waals surface area contributed by atoms with Crippen molar-refractivity contribution in [3.05, 3.63) is 36.5 Å². The maximum Gasteiger partial charge on any atom is 0.306 e. The molecule has 0 amide bonds. The fraction of sp³-hybridized carbons (Fsp3) is 0.871. The summed E-state index contributed by atoms with van der Waals surface area (Å²) < 4.78 is 17.0. The lowest BCUT2D eigenvalue weighted by molar-refractivity contribution is -0.167. The van der Waals surface area contributed by atoms with Crippen molar-refractivity contribution in [3.8, 4) is 0 Å². The summed E-state index contributed by atoms with van der Waals surface area (Å²) in [6, 6.07) is 0. The highest BCUT2D eigenvalue weighted by atomic mass is 16.6. The molecule has 0 spiro atoms. The Morgan fingerprint density at radius 2 is 0.474 bits per heavy atom. The molecule has 6 heteroatoms. The molecule has 0 fully saturated rings. The minimum absolute atomic E-state index is 0.0662. The minimum atomic E-state index is -0.769. The van der Waals surface area contributed by atoms with Crippen molar-refractivity contribution >= 4 is 17.9 Å². The lowest BCUT2D eigenvalue weighted by Gasteiger charge is -2.18. The fourth-order valence-electron chi connectivity index (χ4n) is 10.3. The van der Waals surface area contributed by atoms with E-state index in [2.05, 4.69) is 57.2 Å². The number of ether oxygens (including phenoxy) is 3. The molecule has 0 aliphatic carbocycles. The Morgan fingerprint density at radius 3 is 0.737 bits per heavy atom. The largest absolute Gasteiger partial charge is 0.462 e. The van der Waals surface area contributed by atoms with E-state index >= 15 is 0 Å². The second-order valence-electron chi connectivity index (χ2n) is 23.1. The Bertz CT molecular complexity index is 1270. The van der Waals surface area contributed by atoms with E-state index < -0.39 is 6.10 Å². The fourth-order valence-corrected chi connectivity index (χ4v) is 10.3. The van der Waals surface area contributed by atoms with Gasteiger partial charge in [0, 0.05) is 19.3 Å². The van der Waals surface area contributed by atoms with E-state index in [0.717, 1.165) is 70.6 Å². The van der Waals surface area contributed by atoms with Crippen molar-refractivity contribution in [3.63, 3.8) is 0 Å². The van der Waals surface area contributed by atoms with Gasteiger partial charge in [0.05, 0.1) is 0 Å². The number of carbonyl (C=O) groups excluding carboxylic acids is 3. The minimum Gasteiger partial charge on any atom is -0.462 e. The van der Waals surface area contributed by atoms with Gasteiger partial charge in [-0.05, 0) is 57.8 Å². The van der Waals surface area contributed by atoms with E-state index in [-0.39, 0.29) is 31.1 Å². The van der Waals surface area contributed by atoms with Crippen LogP contribution < -0.4 is 0 Å². The first-order valence-corrected chi connectivity index (χ1v) is 34.0. The normalized spacial score (nSPS) is 12.2. The summed E-state index contributed by atoms with van der Waals surface area (Å²) in [6.45, 7) is 6.70. The molecule has 1 atom stereocenters. The Morgan fingerprint density at radius 1 is 0.263 bits per heavy atom. The predicted molar refractivity (Wildman–Crippen MR) is 330 cm³/mol. The predicted octanol–water partition coefficient (Wildman–Crippen LogP) is 23.2. The first-order chi connectivity index (χ1) is 37.5. The van der Waals surface area contributed by atoms with E-state index in [1.807, 2.05) is 0 Å². The molecule has 446 valence electrons. The zero-order chi connectivity index (χ0) is 55.0. The van der Waals surface area contributed by atoms with Gasteiger partial charge in [-0.15, -0.1) is 0 Å². The SMILES string of the molecule is CCCCCCC/C=C\C/C=C\C/C=C\CCCCCCCCCCCCCCC(=O)OCC(COC(=O)CCCCCCCCCCCCCCC)OC(=O)CCCCCCCCCCCCCCCCCCCC. The van der Waals surface area contributed by atoms with E-state index in [9.17, 15) is 14.4 Å². The van der Waals surface area contributed by atoms with Gasteiger partial charge in [0.25, 0.3) is 0 Å². The molecule has 0 saturated heterocycles. The molecule has 76 heavy (non-hydrogen) atoms. The molecule has 0 aromatic heterocycles. The third kappa shape index (κ3) is 62.5. The highest BCUT2D eigenvalue weighted by Crippen LogP contribution is 2.18. The van der Waals surface area contributed by atoms with Crippen LogP contribution in [-0.4, -0.2) is 37.2 Å². The van der Waals surface area contributed by atoms with Crippen LogP contribution in [0.3, 0.4) is 0 Å². The van der Waals surface area contributed by atoms with Gasteiger partial charge in [0.15, 0.2) is 6.10 Å². The molecule has 0 heterocycles. The third-order valence-electron chi connectivity index (χ3n) is 15.4. The van der Waals surface area contributed by atoms with Gasteiger partial charge in [0.2, 0.25) is 0 Å². The van der Waals surface area contributed by atoms with Crippen LogP contribution in [-0.2, 0) is 28.6 Å². The summed E-state index contributed by atoms with van der Waals surface area (Å²) in [6.07, 6.45) is 80.2. The quantitative estimate of drug-likeness (QED) is 0.0261. The summed E-state index contributed by atoms with van der Waals surface area (Å²) in [5.74, 6) is -0.840. The molecule has 0 bridgehead atoms. The highest BCUT2D eigenvalue weighted by Gasteiger charge is 2.19. The Kier molecular flexibility index (Phi) is 63.1. The van der Waals surface area contributed by atoms with Crippen LogP contribution in [0.2, 0.25) is 0 Å². The average Bonchev–Trinajstić information content (AvgIpc) is 3.42. The van der Waals surface area contributed by atoms with Gasteiger partial charge in [0.1, 0.15) is 13.2 Å². The lowest BCUT2D eigenvalue weighted by Crippen LogP contribution is -2.30. The summed E-state index contributed by atoms with van der Waals surface area (Å²) >= 11 is 0. The van der Waals surface area contributed by atoms with Gasteiger partial charge in [-0.1, -0.05) is 333 Å². The Balaban J connectivity index is 4.23. The van der Waals surface area contributed by atoms with Gasteiger partial charge in [-0.3, -0.25) is 14.4 Å². The first-order valence-electron chi connectivity index (χ1n) is 34.0. The number of hydrogen-bond acceptors (Lipinski definition) is 6. The van der Waals surface area contributed by atoms with Crippen molar-refractivity contribution in [2.45, 2.75) is 380 Å². The summed E-state index contributed by atoms with van der Waals surface area (Å²) in [4.78, 5) is 38.3. The molecule has 0 rings (SSSR count). The number of hydrogen-bond donors (Lipinski definition) is 0. The molecule has 0 radical (unpaired) electrons. The van der Waals surface area contributed by atoms with Crippen molar-refractivity contribution in [2.75, 3.05) is 13.2 Å². The zero-order valence-corrected chi connectivity index (χ0v) is 51.3. The summed E-state index contributed by atoms with van der Waals surface area (Å²) in [5.41, 5.74) is 0. The third-order valence-corrected chi connectivity index (χ3v) is 15.4. The van der Waals surface area contributed by atoms with E-state index in [4.69, 9.17) is 14.2 Å². The van der Waals surface area contributed by atoms with Crippen molar-refractivity contribution < 1.29 is 28.6 Å². The number of carbonyl (C=O) groups is 3. The molecule has 0 aromatic rings. The first kappa shape index (κ1) is 73.6. The van der Waals surface area contributed by atoms with E-state index in [1.54, 1.807) is 0 Å². The number of rotatable bonds is 63. The van der Waals surface area contributed by atoms with Crippen molar-refractivity contribution in [1.82, 2.24) is 0 Å². The lowest BCUT2D eigenvalue weighted by atomic mass is 10.0. The molecule has 0 N–H and O–H groups in total. The zero-order valence-electron chi connectivity index (χ0n) is 51.3. The Labute approximate surface area is 474 Å². The van der Waals surface area contributed by atoms with Crippen LogP contribution in [0, 0.1) is 0 Å². The van der Waals surface area contributed by atoms with Gasteiger partial charge in [-0.2, -0.15) is 0 Å². The van der Waals surface area contributed by atoms with Crippen LogP contribution in [0.4, 0.5) is 0 Å². The summed E-state index contributed by atoms with van der Waals surface area (Å²) in [7, 11) is 0. The smallest absolute Gasteiger partial charge is 0.306 e. The summed E-state index contributed by atoms with van der Waals surface area (Å²) in [5, 5.41) is 0. The highest BCUT2D eigenvalue weighted by molar-refractivity contribution is 5.71. The molecule has 0 aliphatic heterocycles. The van der Waals surface area contributed by atoms with Crippen LogP contribution in [0.1, 0.15) is 374 Å². The maximum absolute atomic E-state index is 12.9. The van der Waals surface area contributed by atoms with Gasteiger partial charge in [-0.25, -0.2) is 0 Å². The number of esters is 3. The molecule has 0 aliphatic rings. The number of allylic oxidation sites excluding steroid dienone is 6. The van der Waals surface area contributed by atoms with Gasteiger partial charge >= 0.3 is 17.9 Å². The maximum atomic E-state index is 12.9. The molecule has 1 unspecified atom stereocenters. The monoisotopic (exact) mass is 1070 g/mol. The van der Waals surface area contributed by atoms with Crippen molar-refractivity contribution in [1.29, 1.82) is 0 Å². The average molecular weight is 1070 g/mol. The van der Waals surface area contributed by atoms with Gasteiger partial charge < -0.3 is 14.2 Å². The molecular weight excluding hydrogens is 937 g/mol. The molecule has 0 aromatic carbocycles. The topological polar surface area (TPSA) is 78.9 Å². The van der Waals surface area contributed by atoms with Crippen LogP contribution in [0.5, 0.6) is 0 Å². The Hall–Kier alpha value is -2.37. The second-order valence-corrected chi connectivity index (χ2v) is 23.1. The molecule has 0 saturated carbocycles.